The first-order valence-corrected chi connectivity index (χ1v) is 6.41. The maximum absolute atomic E-state index is 13.1. The molecule has 5 heteroatoms. The van der Waals surface area contributed by atoms with Crippen LogP contribution < -0.4 is 10.2 Å². The lowest BCUT2D eigenvalue weighted by atomic mass is 10.1. The van der Waals surface area contributed by atoms with Crippen molar-refractivity contribution in [1.82, 2.24) is 0 Å². The van der Waals surface area contributed by atoms with E-state index in [9.17, 15) is 8.78 Å². The van der Waals surface area contributed by atoms with Crippen LogP contribution >= 0.6 is 0 Å². The van der Waals surface area contributed by atoms with Crippen molar-refractivity contribution in [3.8, 4) is 0 Å². The highest BCUT2D eigenvalue weighted by molar-refractivity contribution is 5.16. The summed E-state index contributed by atoms with van der Waals surface area (Å²) in [5, 5.41) is 11.3. The van der Waals surface area contributed by atoms with Gasteiger partial charge < -0.3 is 15.3 Å². The van der Waals surface area contributed by atoms with Gasteiger partial charge in [-0.3, -0.25) is 0 Å². The van der Waals surface area contributed by atoms with Gasteiger partial charge in [0.2, 0.25) is 0 Å². The molecule has 0 aliphatic carbocycles. The zero-order valence-electron chi connectivity index (χ0n) is 10.3. The fourth-order valence-electron chi connectivity index (χ4n) is 2.60. The predicted octanol–water partition coefficient (Wildman–Crippen LogP) is -1.32. The second-order valence-corrected chi connectivity index (χ2v) is 4.86. The number of halogens is 2. The monoisotopic (exact) mass is 258 g/mol. The molecule has 0 saturated carbocycles. The molecule has 1 aliphatic heterocycles. The standard InChI is InChI=1S/C13H18F2N2O/c14-12-2-1-10(7-13(12)15)9-17-5-4-16-8-11(17)3-6-18/h1-2,7,11,16,18H,3-6,8-9H2/p+2/t11-/m0/s1. The topological polar surface area (TPSA) is 41.3 Å². The first kappa shape index (κ1) is 13.4. The predicted molar refractivity (Wildman–Crippen MR) is 63.0 cm³/mol. The van der Waals surface area contributed by atoms with E-state index in [4.69, 9.17) is 5.11 Å². The Morgan fingerprint density at radius 3 is 2.89 bits per heavy atom. The number of benzene rings is 1. The summed E-state index contributed by atoms with van der Waals surface area (Å²) in [7, 11) is 0. The van der Waals surface area contributed by atoms with E-state index in [2.05, 4.69) is 5.32 Å². The van der Waals surface area contributed by atoms with E-state index < -0.39 is 11.6 Å². The number of nitrogens with two attached hydrogens (primary N) is 1. The highest BCUT2D eigenvalue weighted by Crippen LogP contribution is 2.07. The highest BCUT2D eigenvalue weighted by Gasteiger charge is 2.28. The number of hydrogen-bond donors (Lipinski definition) is 3. The van der Waals surface area contributed by atoms with E-state index in [1.165, 1.54) is 17.0 Å². The molecule has 1 heterocycles. The number of rotatable bonds is 4. The van der Waals surface area contributed by atoms with Crippen molar-refractivity contribution in [2.45, 2.75) is 19.0 Å². The molecular formula is C13H20F2N2O+2. The molecule has 1 aliphatic rings. The Morgan fingerprint density at radius 1 is 1.33 bits per heavy atom. The van der Waals surface area contributed by atoms with Gasteiger partial charge in [0, 0.05) is 18.6 Å². The number of piperazine rings is 1. The molecule has 18 heavy (non-hydrogen) atoms. The van der Waals surface area contributed by atoms with Crippen LogP contribution in [-0.4, -0.2) is 37.4 Å². The van der Waals surface area contributed by atoms with E-state index in [0.29, 0.717) is 12.6 Å². The van der Waals surface area contributed by atoms with Gasteiger partial charge in [-0.15, -0.1) is 0 Å². The fourth-order valence-corrected chi connectivity index (χ4v) is 2.60. The molecule has 0 radical (unpaired) electrons. The number of quaternary nitrogens is 2. The van der Waals surface area contributed by atoms with Crippen molar-refractivity contribution in [1.29, 1.82) is 0 Å². The number of nitrogens with one attached hydrogen (secondary N) is 1. The molecule has 1 aromatic rings. The number of hydrogen-bond acceptors (Lipinski definition) is 1. The third-order valence-electron chi connectivity index (χ3n) is 3.59. The normalized spacial score (nSPS) is 24.2. The van der Waals surface area contributed by atoms with Crippen LogP contribution in [-0.2, 0) is 6.54 Å². The van der Waals surface area contributed by atoms with E-state index in [1.807, 2.05) is 0 Å². The van der Waals surface area contributed by atoms with Gasteiger partial charge in [0.1, 0.15) is 32.2 Å². The molecule has 0 aromatic heterocycles. The maximum Gasteiger partial charge on any atom is 0.159 e. The molecule has 1 saturated heterocycles. The third kappa shape index (κ3) is 3.25. The average Bonchev–Trinajstić information content (AvgIpc) is 2.37. The van der Waals surface area contributed by atoms with Gasteiger partial charge in [0.05, 0.1) is 0 Å². The molecule has 0 spiro atoms. The van der Waals surface area contributed by atoms with Crippen molar-refractivity contribution in [2.75, 3.05) is 26.2 Å². The minimum absolute atomic E-state index is 0.180. The largest absolute Gasteiger partial charge is 0.396 e. The summed E-state index contributed by atoms with van der Waals surface area (Å²) in [5.41, 5.74) is 0.814. The van der Waals surface area contributed by atoms with Crippen LogP contribution in [0.3, 0.4) is 0 Å². The summed E-state index contributed by atoms with van der Waals surface area (Å²) < 4.78 is 26.0. The Balaban J connectivity index is 2.03. The van der Waals surface area contributed by atoms with E-state index in [-0.39, 0.29) is 6.61 Å². The van der Waals surface area contributed by atoms with Gasteiger partial charge >= 0.3 is 0 Å². The van der Waals surface area contributed by atoms with Gasteiger partial charge in [0.15, 0.2) is 11.6 Å². The second-order valence-electron chi connectivity index (χ2n) is 4.86. The molecule has 1 fully saturated rings. The van der Waals surface area contributed by atoms with Gasteiger partial charge in [-0.1, -0.05) is 6.07 Å². The van der Waals surface area contributed by atoms with Crippen molar-refractivity contribution >= 4 is 0 Å². The average molecular weight is 258 g/mol. The molecule has 2 atom stereocenters. The molecule has 1 unspecified atom stereocenters. The lowest BCUT2D eigenvalue weighted by Crippen LogP contribution is -3.23. The second kappa shape index (κ2) is 6.22. The van der Waals surface area contributed by atoms with Crippen LogP contribution in [0, 0.1) is 11.6 Å². The van der Waals surface area contributed by atoms with Crippen molar-refractivity contribution in [3.63, 3.8) is 0 Å². The SMILES string of the molecule is OCC[C@H]1C[NH2+]CC[NH+]1Cc1ccc(F)c(F)c1. The molecule has 4 N–H and O–H groups in total. The quantitative estimate of drug-likeness (QED) is 0.616. The van der Waals surface area contributed by atoms with Crippen molar-refractivity contribution in [3.05, 3.63) is 35.4 Å². The van der Waals surface area contributed by atoms with E-state index in [0.717, 1.165) is 31.6 Å². The summed E-state index contributed by atoms with van der Waals surface area (Å²) >= 11 is 0. The summed E-state index contributed by atoms with van der Waals surface area (Å²) in [5.74, 6) is -1.58. The fraction of sp³-hybridized carbons (Fsp3) is 0.538. The van der Waals surface area contributed by atoms with Crippen LogP contribution in [0.15, 0.2) is 18.2 Å². The van der Waals surface area contributed by atoms with Crippen LogP contribution in [0.5, 0.6) is 0 Å². The Hall–Kier alpha value is -1.04. The smallest absolute Gasteiger partial charge is 0.159 e. The molecule has 1 aromatic carbocycles. The van der Waals surface area contributed by atoms with Gasteiger partial charge in [-0.25, -0.2) is 8.78 Å². The van der Waals surface area contributed by atoms with Gasteiger partial charge in [-0.2, -0.15) is 0 Å². The summed E-state index contributed by atoms with van der Waals surface area (Å²) in [6.07, 6.45) is 0.759. The first-order valence-electron chi connectivity index (χ1n) is 6.41. The third-order valence-corrected chi connectivity index (χ3v) is 3.59. The summed E-state index contributed by atoms with van der Waals surface area (Å²) in [6.45, 7) is 3.89. The van der Waals surface area contributed by atoms with Gasteiger partial charge in [0.25, 0.3) is 0 Å². The molecule has 3 nitrogen and oxygen atoms in total. The molecule has 0 amide bonds. The zero-order valence-corrected chi connectivity index (χ0v) is 10.3. The number of aliphatic hydroxyl groups excluding tert-OH is 1. The van der Waals surface area contributed by atoms with Crippen LogP contribution in [0.25, 0.3) is 0 Å². The van der Waals surface area contributed by atoms with Crippen LogP contribution in [0.2, 0.25) is 0 Å². The maximum atomic E-state index is 13.1. The lowest BCUT2D eigenvalue weighted by molar-refractivity contribution is -0.982. The van der Waals surface area contributed by atoms with Crippen molar-refractivity contribution < 1.29 is 24.1 Å². The summed E-state index contributed by atoms with van der Waals surface area (Å²) in [6, 6.07) is 4.48. The first-order chi connectivity index (χ1) is 8.70. The van der Waals surface area contributed by atoms with Gasteiger partial charge in [-0.05, 0) is 12.1 Å². The van der Waals surface area contributed by atoms with Crippen molar-refractivity contribution in [2.24, 2.45) is 0 Å². The Morgan fingerprint density at radius 2 is 2.17 bits per heavy atom. The molecular weight excluding hydrogens is 238 g/mol. The summed E-state index contributed by atoms with van der Waals surface area (Å²) in [4.78, 5) is 1.34. The zero-order chi connectivity index (χ0) is 13.0. The molecule has 0 bridgehead atoms. The minimum atomic E-state index is -0.798. The highest BCUT2D eigenvalue weighted by atomic mass is 19.2. The molecule has 2 rings (SSSR count). The number of aliphatic hydroxyl groups is 1. The Bertz CT molecular complexity index is 399. The van der Waals surface area contributed by atoms with E-state index >= 15 is 0 Å². The molecule has 100 valence electrons. The van der Waals surface area contributed by atoms with Crippen LogP contribution in [0.1, 0.15) is 12.0 Å². The van der Waals surface area contributed by atoms with Crippen LogP contribution in [0.4, 0.5) is 8.78 Å². The Labute approximate surface area is 105 Å². The Kier molecular flexibility index (Phi) is 4.63. The lowest BCUT2D eigenvalue weighted by Gasteiger charge is -2.30. The minimum Gasteiger partial charge on any atom is -0.396 e. The van der Waals surface area contributed by atoms with E-state index in [1.54, 1.807) is 6.07 Å².